The Kier molecular flexibility index (Phi) is 5.85. The van der Waals surface area contributed by atoms with Gasteiger partial charge in [-0.05, 0) is 19.4 Å². The third-order valence-electron chi connectivity index (χ3n) is 2.05. The van der Waals surface area contributed by atoms with Gasteiger partial charge in [-0.3, -0.25) is 4.79 Å². The molecule has 17 heavy (non-hydrogen) atoms. The number of anilines is 1. The van der Waals surface area contributed by atoms with Crippen molar-refractivity contribution >= 4 is 11.6 Å². The maximum Gasteiger partial charge on any atom is 0.239 e. The van der Waals surface area contributed by atoms with Crippen LogP contribution < -0.4 is 15.4 Å². The molecule has 0 bridgehead atoms. The van der Waals surface area contributed by atoms with Crippen molar-refractivity contribution in [2.45, 2.75) is 20.3 Å². The summed E-state index contributed by atoms with van der Waals surface area (Å²) in [7, 11) is 0. The molecule has 0 fully saturated rings. The molecule has 94 valence electrons. The number of aromatic nitrogens is 1. The van der Waals surface area contributed by atoms with Gasteiger partial charge in [0, 0.05) is 12.6 Å². The second-order valence-electron chi connectivity index (χ2n) is 3.52. The Morgan fingerprint density at radius 2 is 2.24 bits per heavy atom. The normalized spacial score (nSPS) is 9.76. The molecule has 0 atom stereocenters. The minimum absolute atomic E-state index is 0.0132. The molecule has 0 aromatic carbocycles. The first-order valence-corrected chi connectivity index (χ1v) is 5.85. The monoisotopic (exact) mass is 237 g/mol. The van der Waals surface area contributed by atoms with Crippen molar-refractivity contribution in [1.29, 1.82) is 0 Å². The zero-order valence-electron chi connectivity index (χ0n) is 10.3. The molecule has 0 unspecified atom stereocenters. The Balaban J connectivity index is 2.34. The average molecular weight is 237 g/mol. The van der Waals surface area contributed by atoms with Gasteiger partial charge in [0.05, 0.1) is 25.0 Å². The average Bonchev–Trinajstić information content (AvgIpc) is 2.36. The molecule has 0 radical (unpaired) electrons. The summed E-state index contributed by atoms with van der Waals surface area (Å²) in [5, 5.41) is 5.78. The minimum atomic E-state index is -0.0132. The van der Waals surface area contributed by atoms with Crippen LogP contribution in [0, 0.1) is 0 Å². The number of nitrogens with one attached hydrogen (secondary N) is 2. The number of ether oxygens (including phenoxy) is 1. The molecule has 2 N–H and O–H groups in total. The van der Waals surface area contributed by atoms with Gasteiger partial charge in [0.15, 0.2) is 0 Å². The van der Waals surface area contributed by atoms with Crippen LogP contribution in [0.5, 0.6) is 5.88 Å². The Hall–Kier alpha value is -1.78. The van der Waals surface area contributed by atoms with Gasteiger partial charge in [-0.15, -0.1) is 0 Å². The van der Waals surface area contributed by atoms with E-state index in [0.717, 1.165) is 12.1 Å². The molecule has 1 aromatic rings. The van der Waals surface area contributed by atoms with Crippen LogP contribution in [0.15, 0.2) is 18.3 Å². The topological polar surface area (TPSA) is 63.2 Å². The summed E-state index contributed by atoms with van der Waals surface area (Å²) in [6.45, 7) is 5.49. The van der Waals surface area contributed by atoms with E-state index in [1.54, 1.807) is 12.3 Å². The molecule has 0 saturated carbocycles. The van der Waals surface area contributed by atoms with E-state index in [-0.39, 0.29) is 12.5 Å². The zero-order chi connectivity index (χ0) is 12.5. The molecule has 1 amide bonds. The predicted octanol–water partition coefficient (Wildman–Crippen LogP) is 1.42. The SMILES string of the molecule is CCCNC(=O)CNc1ccc(OCC)nc1. The molecular formula is C12H19N3O2. The van der Waals surface area contributed by atoms with Crippen molar-refractivity contribution in [2.75, 3.05) is 25.0 Å². The molecule has 0 aliphatic carbocycles. The molecule has 0 spiro atoms. The number of hydrogen-bond donors (Lipinski definition) is 2. The maximum atomic E-state index is 11.3. The molecule has 5 nitrogen and oxygen atoms in total. The van der Waals surface area contributed by atoms with Crippen LogP contribution in [0.4, 0.5) is 5.69 Å². The number of amides is 1. The van der Waals surface area contributed by atoms with E-state index in [1.165, 1.54) is 0 Å². The first-order valence-electron chi connectivity index (χ1n) is 5.85. The lowest BCUT2D eigenvalue weighted by molar-refractivity contribution is -0.119. The number of pyridine rings is 1. The highest BCUT2D eigenvalue weighted by Crippen LogP contribution is 2.10. The first-order chi connectivity index (χ1) is 8.26. The standard InChI is InChI=1S/C12H19N3O2/c1-3-7-13-11(16)9-14-10-5-6-12(15-8-10)17-4-2/h5-6,8,14H,3-4,7,9H2,1-2H3,(H,13,16). The van der Waals surface area contributed by atoms with Crippen LogP contribution in [-0.4, -0.2) is 30.6 Å². The molecule has 0 aliphatic rings. The quantitative estimate of drug-likeness (QED) is 0.752. The van der Waals surface area contributed by atoms with Crippen molar-refractivity contribution in [2.24, 2.45) is 0 Å². The Labute approximate surface area is 102 Å². The lowest BCUT2D eigenvalue weighted by atomic mass is 10.4. The van der Waals surface area contributed by atoms with Crippen molar-refractivity contribution in [1.82, 2.24) is 10.3 Å². The Bertz CT molecular complexity index is 338. The third kappa shape index (κ3) is 5.19. The van der Waals surface area contributed by atoms with Crippen molar-refractivity contribution in [3.8, 4) is 5.88 Å². The van der Waals surface area contributed by atoms with Gasteiger partial charge in [0.2, 0.25) is 11.8 Å². The summed E-state index contributed by atoms with van der Waals surface area (Å²) in [4.78, 5) is 15.4. The number of nitrogens with zero attached hydrogens (tertiary/aromatic N) is 1. The second-order valence-corrected chi connectivity index (χ2v) is 3.52. The smallest absolute Gasteiger partial charge is 0.239 e. The molecule has 1 rings (SSSR count). The van der Waals surface area contributed by atoms with Gasteiger partial charge in [-0.25, -0.2) is 4.98 Å². The summed E-state index contributed by atoms with van der Waals surface area (Å²) in [5.41, 5.74) is 0.806. The highest BCUT2D eigenvalue weighted by atomic mass is 16.5. The lowest BCUT2D eigenvalue weighted by Gasteiger charge is -2.07. The van der Waals surface area contributed by atoms with Crippen molar-refractivity contribution in [3.05, 3.63) is 18.3 Å². The number of carbonyl (C=O) groups is 1. The Morgan fingerprint density at radius 1 is 1.41 bits per heavy atom. The van der Waals surface area contributed by atoms with Gasteiger partial charge in [0.25, 0.3) is 0 Å². The molecular weight excluding hydrogens is 218 g/mol. The highest BCUT2D eigenvalue weighted by molar-refractivity contribution is 5.80. The van der Waals surface area contributed by atoms with Crippen LogP contribution in [-0.2, 0) is 4.79 Å². The van der Waals surface area contributed by atoms with E-state index < -0.39 is 0 Å². The third-order valence-corrected chi connectivity index (χ3v) is 2.05. The van der Waals surface area contributed by atoms with Crippen LogP contribution in [0.25, 0.3) is 0 Å². The van der Waals surface area contributed by atoms with E-state index in [0.29, 0.717) is 19.0 Å². The maximum absolute atomic E-state index is 11.3. The minimum Gasteiger partial charge on any atom is -0.478 e. The van der Waals surface area contributed by atoms with Crippen LogP contribution in [0.3, 0.4) is 0 Å². The molecule has 1 heterocycles. The summed E-state index contributed by atoms with van der Waals surface area (Å²) in [6, 6.07) is 3.61. The van der Waals surface area contributed by atoms with Crippen LogP contribution >= 0.6 is 0 Å². The van der Waals surface area contributed by atoms with Gasteiger partial charge in [-0.1, -0.05) is 6.92 Å². The fourth-order valence-electron chi connectivity index (χ4n) is 1.23. The summed E-state index contributed by atoms with van der Waals surface area (Å²) in [5.74, 6) is 0.578. The number of carbonyl (C=O) groups excluding carboxylic acids is 1. The number of hydrogen-bond acceptors (Lipinski definition) is 4. The van der Waals surface area contributed by atoms with Crippen molar-refractivity contribution in [3.63, 3.8) is 0 Å². The first kappa shape index (κ1) is 13.3. The van der Waals surface area contributed by atoms with E-state index in [2.05, 4.69) is 15.6 Å². The Morgan fingerprint density at radius 3 is 2.82 bits per heavy atom. The van der Waals surface area contributed by atoms with Crippen LogP contribution in [0.2, 0.25) is 0 Å². The predicted molar refractivity (Wildman–Crippen MR) is 67.2 cm³/mol. The summed E-state index contributed by atoms with van der Waals surface area (Å²) < 4.78 is 5.22. The van der Waals surface area contributed by atoms with E-state index in [1.807, 2.05) is 19.9 Å². The fraction of sp³-hybridized carbons (Fsp3) is 0.500. The van der Waals surface area contributed by atoms with Crippen LogP contribution in [0.1, 0.15) is 20.3 Å². The zero-order valence-corrected chi connectivity index (χ0v) is 10.3. The molecule has 0 aliphatic heterocycles. The van der Waals surface area contributed by atoms with Gasteiger partial charge in [0.1, 0.15) is 0 Å². The van der Waals surface area contributed by atoms with Gasteiger partial charge in [-0.2, -0.15) is 0 Å². The largest absolute Gasteiger partial charge is 0.478 e. The highest BCUT2D eigenvalue weighted by Gasteiger charge is 2.00. The van der Waals surface area contributed by atoms with Crippen molar-refractivity contribution < 1.29 is 9.53 Å². The molecule has 1 aromatic heterocycles. The summed E-state index contributed by atoms with van der Waals surface area (Å²) >= 11 is 0. The van der Waals surface area contributed by atoms with E-state index >= 15 is 0 Å². The lowest BCUT2D eigenvalue weighted by Crippen LogP contribution is -2.30. The second kappa shape index (κ2) is 7.49. The van der Waals surface area contributed by atoms with E-state index in [9.17, 15) is 4.79 Å². The van der Waals surface area contributed by atoms with E-state index in [4.69, 9.17) is 4.74 Å². The number of rotatable bonds is 7. The fourth-order valence-corrected chi connectivity index (χ4v) is 1.23. The van der Waals surface area contributed by atoms with Gasteiger partial charge < -0.3 is 15.4 Å². The molecule has 0 saturated heterocycles. The van der Waals surface area contributed by atoms with Gasteiger partial charge >= 0.3 is 0 Å². The summed E-state index contributed by atoms with van der Waals surface area (Å²) in [6.07, 6.45) is 2.59. The molecule has 5 heteroatoms.